The summed E-state index contributed by atoms with van der Waals surface area (Å²) in [7, 11) is 0. The highest BCUT2D eigenvalue weighted by Gasteiger charge is 2.19. The summed E-state index contributed by atoms with van der Waals surface area (Å²) >= 11 is 11.8. The summed E-state index contributed by atoms with van der Waals surface area (Å²) in [6.07, 6.45) is 0. The van der Waals surface area contributed by atoms with Crippen molar-refractivity contribution in [3.8, 4) is 0 Å². The molecule has 1 aliphatic heterocycles. The lowest BCUT2D eigenvalue weighted by atomic mass is 10.2. The minimum atomic E-state index is -0.409. The van der Waals surface area contributed by atoms with Gasteiger partial charge in [0.15, 0.2) is 0 Å². The molecule has 23 heavy (non-hydrogen) atoms. The van der Waals surface area contributed by atoms with Crippen LogP contribution in [0, 0.1) is 5.92 Å². The number of hydrogen-bond acceptors (Lipinski definition) is 3. The van der Waals surface area contributed by atoms with E-state index in [-0.39, 0.29) is 0 Å². The van der Waals surface area contributed by atoms with Crippen LogP contribution in [0.1, 0.15) is 24.2 Å². The minimum Gasteiger partial charge on any atom is -0.465 e. The van der Waals surface area contributed by atoms with Crippen LogP contribution in [0.4, 0.5) is 0 Å². The van der Waals surface area contributed by atoms with Gasteiger partial charge in [-0.15, -0.1) is 0 Å². The number of aliphatic imine (C=N–C) groups is 1. The van der Waals surface area contributed by atoms with Gasteiger partial charge >= 0.3 is 0 Å². The molecule has 1 heterocycles. The number of hydrogen-bond donors (Lipinski definition) is 0. The number of ether oxygens (including phenoxy) is 2. The number of carbonyl (C=O) groups is 1. The van der Waals surface area contributed by atoms with Gasteiger partial charge in [-0.3, -0.25) is 4.79 Å². The smallest absolute Gasteiger partial charge is 0.295 e. The van der Waals surface area contributed by atoms with Gasteiger partial charge in [0, 0.05) is 18.7 Å². The van der Waals surface area contributed by atoms with Gasteiger partial charge in [0.1, 0.15) is 0 Å². The highest BCUT2D eigenvalue weighted by atomic mass is 35.5. The first-order chi connectivity index (χ1) is 11.0. The number of amides is 1. The third kappa shape index (κ3) is 5.37. The maximum Gasteiger partial charge on any atom is 0.295 e. The molecule has 0 spiro atoms. The fourth-order valence-corrected chi connectivity index (χ4v) is 2.27. The van der Waals surface area contributed by atoms with Crippen LogP contribution in [-0.4, -0.2) is 49.7 Å². The summed E-state index contributed by atoms with van der Waals surface area (Å²) in [5.41, 5.74) is 0.373. The first kappa shape index (κ1) is 18.0. The lowest BCUT2D eigenvalue weighted by Crippen LogP contribution is -2.42. The Labute approximate surface area is 146 Å². The van der Waals surface area contributed by atoms with Crippen LogP contribution in [0.15, 0.2) is 23.2 Å². The topological polar surface area (TPSA) is 51.1 Å². The molecule has 0 aliphatic carbocycles. The van der Waals surface area contributed by atoms with E-state index < -0.39 is 5.91 Å². The van der Waals surface area contributed by atoms with E-state index in [9.17, 15) is 4.79 Å². The van der Waals surface area contributed by atoms with E-state index in [0.29, 0.717) is 60.5 Å². The minimum absolute atomic E-state index is 0.323. The Morgan fingerprint density at radius 3 is 2.61 bits per heavy atom. The van der Waals surface area contributed by atoms with Crippen molar-refractivity contribution in [1.29, 1.82) is 0 Å². The molecule has 1 aliphatic rings. The van der Waals surface area contributed by atoms with Crippen molar-refractivity contribution in [2.75, 3.05) is 32.9 Å². The SMILES string of the molecule is CC(C)COC(=NC(=O)c1ccc(Cl)c(Cl)c1)N1CCOCC1. The van der Waals surface area contributed by atoms with Crippen molar-refractivity contribution in [3.05, 3.63) is 33.8 Å². The second kappa shape index (κ2) is 8.52. The molecule has 0 N–H and O–H groups in total. The Hall–Kier alpha value is -1.30. The van der Waals surface area contributed by atoms with Gasteiger partial charge in [0.25, 0.3) is 11.9 Å². The van der Waals surface area contributed by atoms with E-state index in [1.165, 1.54) is 6.07 Å². The van der Waals surface area contributed by atoms with E-state index >= 15 is 0 Å². The molecule has 0 saturated carbocycles. The van der Waals surface area contributed by atoms with Crippen molar-refractivity contribution < 1.29 is 14.3 Å². The number of rotatable bonds is 3. The predicted octanol–water partition coefficient (Wildman–Crippen LogP) is 3.49. The Morgan fingerprint density at radius 2 is 2.00 bits per heavy atom. The molecule has 0 atom stereocenters. The summed E-state index contributed by atoms with van der Waals surface area (Å²) < 4.78 is 11.1. The molecular formula is C16H20Cl2N2O3. The Balaban J connectivity index is 2.19. The lowest BCUT2D eigenvalue weighted by molar-refractivity contribution is 0.0529. The molecule has 2 rings (SSSR count). The van der Waals surface area contributed by atoms with Crippen LogP contribution >= 0.6 is 23.2 Å². The van der Waals surface area contributed by atoms with Crippen LogP contribution < -0.4 is 0 Å². The maximum absolute atomic E-state index is 12.4. The molecule has 1 saturated heterocycles. The molecule has 7 heteroatoms. The number of morpholine rings is 1. The van der Waals surface area contributed by atoms with E-state index in [0.717, 1.165) is 0 Å². The van der Waals surface area contributed by atoms with Gasteiger partial charge in [-0.2, -0.15) is 4.99 Å². The van der Waals surface area contributed by atoms with Gasteiger partial charge in [-0.1, -0.05) is 37.0 Å². The molecule has 126 valence electrons. The maximum atomic E-state index is 12.4. The van der Waals surface area contributed by atoms with E-state index in [1.807, 2.05) is 18.7 Å². The number of nitrogens with zero attached hydrogens (tertiary/aromatic N) is 2. The molecule has 1 fully saturated rings. The average molecular weight is 359 g/mol. The van der Waals surface area contributed by atoms with Gasteiger partial charge in [-0.05, 0) is 24.1 Å². The Kier molecular flexibility index (Phi) is 6.69. The first-order valence-electron chi connectivity index (χ1n) is 7.51. The average Bonchev–Trinajstić information content (AvgIpc) is 2.54. The third-order valence-electron chi connectivity index (χ3n) is 3.19. The molecule has 1 aromatic rings. The zero-order valence-corrected chi connectivity index (χ0v) is 14.7. The largest absolute Gasteiger partial charge is 0.465 e. The summed E-state index contributed by atoms with van der Waals surface area (Å²) in [4.78, 5) is 18.4. The standard InChI is InChI=1S/C16H20Cl2N2O3/c1-11(2)10-23-16(20-5-7-22-8-6-20)19-15(21)12-3-4-13(17)14(18)9-12/h3-4,9,11H,5-8,10H2,1-2H3. The number of halogens is 2. The second-order valence-electron chi connectivity index (χ2n) is 5.63. The molecule has 0 radical (unpaired) electrons. The summed E-state index contributed by atoms with van der Waals surface area (Å²) in [5, 5.41) is 0.723. The zero-order valence-electron chi connectivity index (χ0n) is 13.2. The number of benzene rings is 1. The van der Waals surface area contributed by atoms with E-state index in [2.05, 4.69) is 4.99 Å². The van der Waals surface area contributed by atoms with Crippen molar-refractivity contribution >= 4 is 35.1 Å². The van der Waals surface area contributed by atoms with Crippen LogP contribution in [0.25, 0.3) is 0 Å². The summed E-state index contributed by atoms with van der Waals surface area (Å²) in [6, 6.07) is 5.02. The molecule has 1 aromatic carbocycles. The highest BCUT2D eigenvalue weighted by molar-refractivity contribution is 6.42. The molecule has 0 bridgehead atoms. The summed E-state index contributed by atoms with van der Waals surface area (Å²) in [5.74, 6) is -0.0740. The number of carbonyl (C=O) groups excluding carboxylic acids is 1. The first-order valence-corrected chi connectivity index (χ1v) is 8.26. The number of amidine groups is 1. The van der Waals surface area contributed by atoms with Crippen LogP contribution in [0.2, 0.25) is 10.0 Å². The monoisotopic (exact) mass is 358 g/mol. The lowest BCUT2D eigenvalue weighted by Gasteiger charge is -2.29. The van der Waals surface area contributed by atoms with E-state index in [4.69, 9.17) is 32.7 Å². The Morgan fingerprint density at radius 1 is 1.30 bits per heavy atom. The van der Waals surface area contributed by atoms with Gasteiger partial charge in [0.2, 0.25) is 0 Å². The quantitative estimate of drug-likeness (QED) is 0.612. The van der Waals surface area contributed by atoms with Crippen molar-refractivity contribution in [1.82, 2.24) is 4.90 Å². The van der Waals surface area contributed by atoms with Crippen molar-refractivity contribution in [2.45, 2.75) is 13.8 Å². The molecular weight excluding hydrogens is 339 g/mol. The van der Waals surface area contributed by atoms with Gasteiger partial charge in [0.05, 0.1) is 29.9 Å². The fourth-order valence-electron chi connectivity index (χ4n) is 1.97. The molecule has 5 nitrogen and oxygen atoms in total. The van der Waals surface area contributed by atoms with Crippen LogP contribution in [-0.2, 0) is 9.47 Å². The molecule has 1 amide bonds. The predicted molar refractivity (Wildman–Crippen MR) is 91.4 cm³/mol. The fraction of sp³-hybridized carbons (Fsp3) is 0.500. The van der Waals surface area contributed by atoms with Crippen LogP contribution in [0.3, 0.4) is 0 Å². The van der Waals surface area contributed by atoms with Crippen LogP contribution in [0.5, 0.6) is 0 Å². The van der Waals surface area contributed by atoms with Gasteiger partial charge in [-0.25, -0.2) is 0 Å². The van der Waals surface area contributed by atoms with E-state index in [1.54, 1.807) is 12.1 Å². The third-order valence-corrected chi connectivity index (χ3v) is 3.93. The van der Waals surface area contributed by atoms with Crippen molar-refractivity contribution in [3.63, 3.8) is 0 Å². The normalized spacial score (nSPS) is 15.9. The molecule has 0 aromatic heterocycles. The highest BCUT2D eigenvalue weighted by Crippen LogP contribution is 2.23. The summed E-state index contributed by atoms with van der Waals surface area (Å²) in [6.45, 7) is 7.04. The molecule has 0 unspecified atom stereocenters. The van der Waals surface area contributed by atoms with Crippen molar-refractivity contribution in [2.24, 2.45) is 10.9 Å². The van der Waals surface area contributed by atoms with Gasteiger partial charge < -0.3 is 14.4 Å². The second-order valence-corrected chi connectivity index (χ2v) is 6.45. The zero-order chi connectivity index (χ0) is 16.8. The Bertz CT molecular complexity index is 585.